The van der Waals surface area contributed by atoms with E-state index < -0.39 is 6.10 Å². The van der Waals surface area contributed by atoms with Gasteiger partial charge in [-0.15, -0.1) is 0 Å². The number of esters is 1. The standard InChI is InChI=1S/C19H22N2O3/c1-2-19-8-7-15-13(12-5-3-4-6-14(12)21-15)9-17(22)24-16(10-19)18(23)20-11-19/h3-6,16,21H,2,7-11H2,1H3,(H,20,23)/t16-,19+/m1/s1. The molecule has 0 spiro atoms. The Morgan fingerprint density at radius 1 is 1.29 bits per heavy atom. The molecule has 2 atom stereocenters. The molecule has 0 radical (unpaired) electrons. The van der Waals surface area contributed by atoms with Crippen LogP contribution in [0, 0.1) is 5.41 Å². The second-order valence-electron chi connectivity index (χ2n) is 7.06. The summed E-state index contributed by atoms with van der Waals surface area (Å²) in [7, 11) is 0. The molecule has 0 saturated carbocycles. The smallest absolute Gasteiger partial charge is 0.311 e. The highest BCUT2D eigenvalue weighted by atomic mass is 16.5. The van der Waals surface area contributed by atoms with E-state index >= 15 is 0 Å². The Hall–Kier alpha value is -2.30. The molecule has 2 aromatic rings. The van der Waals surface area contributed by atoms with Crippen molar-refractivity contribution in [2.45, 2.75) is 45.1 Å². The van der Waals surface area contributed by atoms with Crippen molar-refractivity contribution >= 4 is 22.8 Å². The third-order valence-electron chi connectivity index (χ3n) is 5.70. The highest BCUT2D eigenvalue weighted by molar-refractivity contribution is 5.90. The minimum absolute atomic E-state index is 0.00917. The summed E-state index contributed by atoms with van der Waals surface area (Å²) >= 11 is 0. The van der Waals surface area contributed by atoms with Crippen molar-refractivity contribution in [3.05, 3.63) is 35.5 Å². The summed E-state index contributed by atoms with van der Waals surface area (Å²) in [5, 5.41) is 4.01. The summed E-state index contributed by atoms with van der Waals surface area (Å²) in [6.07, 6.45) is 2.99. The molecular formula is C19H22N2O3. The van der Waals surface area contributed by atoms with Crippen molar-refractivity contribution in [3.63, 3.8) is 0 Å². The molecule has 1 amide bonds. The van der Waals surface area contributed by atoms with Gasteiger partial charge < -0.3 is 15.0 Å². The van der Waals surface area contributed by atoms with E-state index in [0.29, 0.717) is 13.0 Å². The van der Waals surface area contributed by atoms with Crippen molar-refractivity contribution in [1.29, 1.82) is 0 Å². The third kappa shape index (κ3) is 2.48. The van der Waals surface area contributed by atoms with Gasteiger partial charge in [0.25, 0.3) is 5.91 Å². The first kappa shape index (κ1) is 15.2. The van der Waals surface area contributed by atoms with Gasteiger partial charge in [-0.1, -0.05) is 25.1 Å². The van der Waals surface area contributed by atoms with Crippen LogP contribution >= 0.6 is 0 Å². The Labute approximate surface area is 140 Å². The van der Waals surface area contributed by atoms with Gasteiger partial charge in [0, 0.05) is 29.6 Å². The van der Waals surface area contributed by atoms with Crippen molar-refractivity contribution in [3.8, 4) is 0 Å². The zero-order valence-electron chi connectivity index (χ0n) is 13.9. The van der Waals surface area contributed by atoms with Crippen LogP contribution in [0.25, 0.3) is 10.9 Å². The monoisotopic (exact) mass is 326 g/mol. The quantitative estimate of drug-likeness (QED) is 0.791. The number of ether oxygens (including phenoxy) is 1. The molecule has 1 aromatic heterocycles. The molecular weight excluding hydrogens is 304 g/mol. The van der Waals surface area contributed by atoms with Crippen LogP contribution in [0.2, 0.25) is 0 Å². The number of aromatic amines is 1. The molecule has 2 aliphatic heterocycles. The van der Waals surface area contributed by atoms with Gasteiger partial charge >= 0.3 is 5.97 Å². The lowest BCUT2D eigenvalue weighted by Gasteiger charge is -2.40. The number of carbonyl (C=O) groups excluding carboxylic acids is 2. The Bertz CT molecular complexity index is 810. The van der Waals surface area contributed by atoms with Gasteiger partial charge in [-0.2, -0.15) is 0 Å². The van der Waals surface area contributed by atoms with E-state index in [-0.39, 0.29) is 23.7 Å². The van der Waals surface area contributed by atoms with Gasteiger partial charge in [0.2, 0.25) is 0 Å². The first-order valence-corrected chi connectivity index (χ1v) is 8.66. The molecule has 24 heavy (non-hydrogen) atoms. The molecule has 126 valence electrons. The van der Waals surface area contributed by atoms with E-state index in [2.05, 4.69) is 17.2 Å². The Kier molecular flexibility index (Phi) is 3.59. The Balaban J connectivity index is 1.77. The van der Waals surface area contributed by atoms with E-state index in [9.17, 15) is 9.59 Å². The zero-order chi connectivity index (χ0) is 16.7. The zero-order valence-corrected chi connectivity index (χ0v) is 13.9. The molecule has 4 rings (SSSR count). The number of hydrogen-bond donors (Lipinski definition) is 2. The molecule has 0 aliphatic carbocycles. The van der Waals surface area contributed by atoms with Crippen LogP contribution in [0.3, 0.4) is 0 Å². The average molecular weight is 326 g/mol. The van der Waals surface area contributed by atoms with E-state index in [0.717, 1.165) is 41.4 Å². The molecule has 2 N–H and O–H groups in total. The topological polar surface area (TPSA) is 71.2 Å². The normalized spacial score (nSPS) is 27.3. The minimum atomic E-state index is -0.655. The number of H-pyrrole nitrogens is 1. The van der Waals surface area contributed by atoms with Crippen LogP contribution in [-0.2, 0) is 27.2 Å². The SMILES string of the molecule is CC[C@]12CCc3[nH]c4ccccc4c3CC(=O)O[C@H](C1)C(=O)NC2. The van der Waals surface area contributed by atoms with Crippen molar-refractivity contribution in [2.75, 3.05) is 6.54 Å². The molecule has 2 bridgehead atoms. The van der Waals surface area contributed by atoms with Crippen LogP contribution in [0.15, 0.2) is 24.3 Å². The van der Waals surface area contributed by atoms with Gasteiger partial charge in [-0.05, 0) is 36.3 Å². The fourth-order valence-electron chi connectivity index (χ4n) is 4.08. The summed E-state index contributed by atoms with van der Waals surface area (Å²) in [5.41, 5.74) is 3.18. The maximum absolute atomic E-state index is 12.4. The lowest BCUT2D eigenvalue weighted by molar-refractivity contribution is -0.160. The van der Waals surface area contributed by atoms with E-state index in [1.165, 1.54) is 0 Å². The fraction of sp³-hybridized carbons (Fsp3) is 0.474. The summed E-state index contributed by atoms with van der Waals surface area (Å²) in [4.78, 5) is 28.0. The minimum Gasteiger partial charge on any atom is -0.452 e. The van der Waals surface area contributed by atoms with Crippen molar-refractivity contribution < 1.29 is 14.3 Å². The number of aromatic nitrogens is 1. The summed E-state index contributed by atoms with van der Waals surface area (Å²) in [6.45, 7) is 2.81. The first-order chi connectivity index (χ1) is 11.6. The predicted octanol–water partition coefficient (Wildman–Crippen LogP) is 2.48. The van der Waals surface area contributed by atoms with E-state index in [1.54, 1.807) is 0 Å². The van der Waals surface area contributed by atoms with Crippen molar-refractivity contribution in [2.24, 2.45) is 5.41 Å². The summed E-state index contributed by atoms with van der Waals surface area (Å²) < 4.78 is 5.55. The second-order valence-corrected chi connectivity index (χ2v) is 7.06. The summed E-state index contributed by atoms with van der Waals surface area (Å²) in [5.74, 6) is -0.484. The maximum Gasteiger partial charge on any atom is 0.311 e. The largest absolute Gasteiger partial charge is 0.452 e. The molecule has 3 heterocycles. The second kappa shape index (κ2) is 5.65. The molecule has 5 heteroatoms. The predicted molar refractivity (Wildman–Crippen MR) is 90.6 cm³/mol. The van der Waals surface area contributed by atoms with Crippen LogP contribution in [0.4, 0.5) is 0 Å². The number of nitrogens with one attached hydrogen (secondary N) is 2. The number of carbonyl (C=O) groups is 2. The van der Waals surface area contributed by atoms with Gasteiger partial charge in [-0.3, -0.25) is 9.59 Å². The maximum atomic E-state index is 12.4. The fourth-order valence-corrected chi connectivity index (χ4v) is 4.08. The number of rotatable bonds is 1. The Morgan fingerprint density at radius 3 is 2.96 bits per heavy atom. The number of piperidine rings is 1. The van der Waals surface area contributed by atoms with E-state index in [1.807, 2.05) is 24.3 Å². The molecule has 1 fully saturated rings. The van der Waals surface area contributed by atoms with Crippen LogP contribution in [0.5, 0.6) is 0 Å². The molecule has 0 unspecified atom stereocenters. The van der Waals surface area contributed by atoms with Gasteiger partial charge in [0.15, 0.2) is 6.10 Å². The van der Waals surface area contributed by atoms with Gasteiger partial charge in [-0.25, -0.2) is 0 Å². The number of para-hydroxylation sites is 1. The number of amides is 1. The highest BCUT2D eigenvalue weighted by Gasteiger charge is 2.41. The number of benzene rings is 1. The number of aryl methyl sites for hydroxylation is 1. The van der Waals surface area contributed by atoms with Crippen LogP contribution < -0.4 is 5.32 Å². The first-order valence-electron chi connectivity index (χ1n) is 8.66. The van der Waals surface area contributed by atoms with E-state index in [4.69, 9.17) is 4.74 Å². The lowest BCUT2D eigenvalue weighted by Crippen LogP contribution is -2.52. The Morgan fingerprint density at radius 2 is 2.12 bits per heavy atom. The molecule has 2 aliphatic rings. The summed E-state index contributed by atoms with van der Waals surface area (Å²) in [6, 6.07) is 8.04. The van der Waals surface area contributed by atoms with Crippen LogP contribution in [0.1, 0.15) is 37.4 Å². The van der Waals surface area contributed by atoms with Gasteiger partial charge in [0.1, 0.15) is 0 Å². The van der Waals surface area contributed by atoms with Crippen LogP contribution in [-0.4, -0.2) is 29.5 Å². The van der Waals surface area contributed by atoms with Crippen molar-refractivity contribution in [1.82, 2.24) is 10.3 Å². The van der Waals surface area contributed by atoms with Gasteiger partial charge in [0.05, 0.1) is 6.42 Å². The lowest BCUT2D eigenvalue weighted by atomic mass is 9.73. The average Bonchev–Trinajstić information content (AvgIpc) is 2.93. The molecule has 1 saturated heterocycles. The number of fused-ring (bicyclic) bond motifs is 5. The third-order valence-corrected chi connectivity index (χ3v) is 5.70. The molecule has 1 aromatic carbocycles. The molecule has 5 nitrogen and oxygen atoms in total. The number of hydrogen-bond acceptors (Lipinski definition) is 3. The highest BCUT2D eigenvalue weighted by Crippen LogP contribution is 2.38.